The zero-order chi connectivity index (χ0) is 14.0. The summed E-state index contributed by atoms with van der Waals surface area (Å²) in [4.78, 5) is 23.7. The molecule has 0 radical (unpaired) electrons. The number of halogens is 2. The van der Waals surface area contributed by atoms with Crippen molar-refractivity contribution in [2.45, 2.75) is 13.5 Å². The average Bonchev–Trinajstić information content (AvgIpc) is 2.35. The number of aryl methyl sites for hydroxylation is 1. The summed E-state index contributed by atoms with van der Waals surface area (Å²) in [6, 6.07) is 6.03. The fraction of sp³-hybridized carbons (Fsp3) is 0.154. The number of rotatable bonds is 3. The molecule has 2 rings (SSSR count). The molecule has 1 aromatic heterocycles. The number of benzene rings is 1. The third kappa shape index (κ3) is 3.22. The van der Waals surface area contributed by atoms with Crippen molar-refractivity contribution in [1.29, 1.82) is 0 Å². The molecule has 1 aromatic carbocycles. The number of carbonyl (C=O) groups excluding carboxylic acids is 1. The summed E-state index contributed by atoms with van der Waals surface area (Å²) in [5, 5.41) is 4.62. The van der Waals surface area contributed by atoms with Crippen LogP contribution in [0, 0.1) is 6.92 Å². The van der Waals surface area contributed by atoms with Crippen LogP contribution in [0.4, 0.5) is 0 Å². The first-order chi connectivity index (χ1) is 8.97. The van der Waals surface area contributed by atoms with Gasteiger partial charge < -0.3 is 0 Å². The molecule has 6 heteroatoms. The largest absolute Gasteiger partial charge is 0.292 e. The van der Waals surface area contributed by atoms with E-state index in [1.165, 1.54) is 18.3 Å². The summed E-state index contributed by atoms with van der Waals surface area (Å²) in [5.74, 6) is -0.314. The van der Waals surface area contributed by atoms with Crippen LogP contribution >= 0.6 is 23.2 Å². The summed E-state index contributed by atoms with van der Waals surface area (Å²) in [7, 11) is 0. The molecule has 4 nitrogen and oxygen atoms in total. The number of ketones is 1. The number of aromatic nitrogens is 2. The highest BCUT2D eigenvalue weighted by molar-refractivity contribution is 6.35. The predicted octanol–water partition coefficient (Wildman–Crippen LogP) is 2.74. The molecule has 0 fully saturated rings. The van der Waals surface area contributed by atoms with Crippen LogP contribution in [0.2, 0.25) is 10.0 Å². The van der Waals surface area contributed by atoms with Gasteiger partial charge in [0, 0.05) is 16.7 Å². The molecule has 19 heavy (non-hydrogen) atoms. The maximum Gasteiger partial charge on any atom is 0.267 e. The zero-order valence-corrected chi connectivity index (χ0v) is 11.6. The van der Waals surface area contributed by atoms with Crippen LogP contribution in [0.5, 0.6) is 0 Å². The van der Waals surface area contributed by atoms with Gasteiger partial charge in [-0.1, -0.05) is 23.2 Å². The molecular weight excluding hydrogens is 287 g/mol. The molecule has 0 unspecified atom stereocenters. The van der Waals surface area contributed by atoms with E-state index in [4.69, 9.17) is 23.2 Å². The smallest absolute Gasteiger partial charge is 0.267 e. The third-order valence-corrected chi connectivity index (χ3v) is 3.09. The van der Waals surface area contributed by atoms with Crippen molar-refractivity contribution in [2.75, 3.05) is 0 Å². The van der Waals surface area contributed by atoms with Gasteiger partial charge in [0.15, 0.2) is 5.78 Å². The highest BCUT2D eigenvalue weighted by atomic mass is 35.5. The molecule has 0 N–H and O–H groups in total. The third-order valence-electron chi connectivity index (χ3n) is 2.53. The number of carbonyl (C=O) groups is 1. The lowest BCUT2D eigenvalue weighted by atomic mass is 10.1. The Balaban J connectivity index is 2.31. The van der Waals surface area contributed by atoms with Crippen LogP contribution in [0.1, 0.15) is 15.9 Å². The minimum absolute atomic E-state index is 0.167. The molecule has 0 saturated heterocycles. The van der Waals surface area contributed by atoms with Crippen molar-refractivity contribution in [1.82, 2.24) is 9.78 Å². The van der Waals surface area contributed by atoms with E-state index < -0.39 is 0 Å². The second-order valence-electron chi connectivity index (χ2n) is 4.08. The fourth-order valence-electron chi connectivity index (χ4n) is 1.58. The second-order valence-corrected chi connectivity index (χ2v) is 4.92. The number of hydrogen-bond acceptors (Lipinski definition) is 3. The first-order valence-corrected chi connectivity index (χ1v) is 6.25. The summed E-state index contributed by atoms with van der Waals surface area (Å²) in [6.45, 7) is 1.59. The number of Topliss-reactive ketones (excluding diaryl/α,β-unsaturated/α-hetero) is 1. The molecule has 0 aliphatic rings. The van der Waals surface area contributed by atoms with Crippen molar-refractivity contribution in [3.63, 3.8) is 0 Å². The Hall–Kier alpha value is -1.65. The SMILES string of the molecule is Cc1cnn(CC(=O)c2cc(Cl)ccc2Cl)c(=O)c1. The lowest BCUT2D eigenvalue weighted by molar-refractivity contribution is 0.0965. The van der Waals surface area contributed by atoms with E-state index in [-0.39, 0.29) is 23.5 Å². The fourth-order valence-corrected chi connectivity index (χ4v) is 1.97. The summed E-state index contributed by atoms with van der Waals surface area (Å²) >= 11 is 11.8. The Labute approximate surface area is 119 Å². The van der Waals surface area contributed by atoms with E-state index in [0.717, 1.165) is 10.2 Å². The van der Waals surface area contributed by atoms with E-state index in [9.17, 15) is 9.59 Å². The van der Waals surface area contributed by atoms with Gasteiger partial charge in [-0.25, -0.2) is 4.68 Å². The van der Waals surface area contributed by atoms with Gasteiger partial charge in [0.1, 0.15) is 6.54 Å². The lowest BCUT2D eigenvalue weighted by Gasteiger charge is -2.06. The molecule has 0 spiro atoms. The van der Waals surface area contributed by atoms with Crippen LogP contribution < -0.4 is 5.56 Å². The van der Waals surface area contributed by atoms with Crippen molar-refractivity contribution in [3.05, 3.63) is 62.0 Å². The predicted molar refractivity (Wildman–Crippen MR) is 74.0 cm³/mol. The van der Waals surface area contributed by atoms with Crippen LogP contribution in [0.3, 0.4) is 0 Å². The standard InChI is InChI=1S/C13H10Cl2N2O2/c1-8-4-13(19)17(16-6-8)7-12(18)10-5-9(14)2-3-11(10)15/h2-6H,7H2,1H3. The van der Waals surface area contributed by atoms with Gasteiger partial charge in [0.05, 0.1) is 11.2 Å². The van der Waals surface area contributed by atoms with Crippen LogP contribution in [0.15, 0.2) is 35.3 Å². The van der Waals surface area contributed by atoms with E-state index in [0.29, 0.717) is 10.0 Å². The Morgan fingerprint density at radius 3 is 2.74 bits per heavy atom. The average molecular weight is 297 g/mol. The highest BCUT2D eigenvalue weighted by Gasteiger charge is 2.13. The quantitative estimate of drug-likeness (QED) is 0.819. The first kappa shape index (κ1) is 13.8. The van der Waals surface area contributed by atoms with Gasteiger partial charge in [-0.2, -0.15) is 5.10 Å². The second kappa shape index (κ2) is 5.55. The highest BCUT2D eigenvalue weighted by Crippen LogP contribution is 2.21. The minimum Gasteiger partial charge on any atom is -0.292 e. The van der Waals surface area contributed by atoms with E-state index in [2.05, 4.69) is 5.10 Å². The Bertz CT molecular complexity index is 695. The monoisotopic (exact) mass is 296 g/mol. The molecular formula is C13H10Cl2N2O2. The van der Waals surface area contributed by atoms with Gasteiger partial charge in [-0.3, -0.25) is 9.59 Å². The molecule has 0 aliphatic carbocycles. The topological polar surface area (TPSA) is 52.0 Å². The molecule has 0 bridgehead atoms. The van der Waals surface area contributed by atoms with Crippen molar-refractivity contribution < 1.29 is 4.79 Å². The van der Waals surface area contributed by atoms with Crippen LogP contribution in [-0.4, -0.2) is 15.6 Å². The molecule has 98 valence electrons. The zero-order valence-electron chi connectivity index (χ0n) is 10.1. The maximum absolute atomic E-state index is 12.1. The van der Waals surface area contributed by atoms with Crippen molar-refractivity contribution in [3.8, 4) is 0 Å². The minimum atomic E-state index is -0.327. The van der Waals surface area contributed by atoms with Gasteiger partial charge in [-0.15, -0.1) is 0 Å². The van der Waals surface area contributed by atoms with Gasteiger partial charge in [-0.05, 0) is 30.7 Å². The van der Waals surface area contributed by atoms with Crippen LogP contribution in [-0.2, 0) is 6.54 Å². The molecule has 0 atom stereocenters. The van der Waals surface area contributed by atoms with E-state index in [1.54, 1.807) is 19.1 Å². The first-order valence-electron chi connectivity index (χ1n) is 5.49. The van der Waals surface area contributed by atoms with Crippen molar-refractivity contribution >= 4 is 29.0 Å². The molecule has 0 aliphatic heterocycles. The number of hydrogen-bond donors (Lipinski definition) is 0. The Morgan fingerprint density at radius 2 is 2.05 bits per heavy atom. The summed E-state index contributed by atoms with van der Waals surface area (Å²) in [5.41, 5.74) is 0.699. The van der Waals surface area contributed by atoms with Gasteiger partial charge in [0.2, 0.25) is 0 Å². The van der Waals surface area contributed by atoms with Gasteiger partial charge >= 0.3 is 0 Å². The number of nitrogens with zero attached hydrogens (tertiary/aromatic N) is 2. The Kier molecular flexibility index (Phi) is 4.02. The molecule has 0 amide bonds. The molecule has 2 aromatic rings. The van der Waals surface area contributed by atoms with E-state index >= 15 is 0 Å². The summed E-state index contributed by atoms with van der Waals surface area (Å²) < 4.78 is 1.09. The summed E-state index contributed by atoms with van der Waals surface area (Å²) in [6.07, 6.45) is 1.52. The molecule has 0 saturated carbocycles. The normalized spacial score (nSPS) is 10.5. The van der Waals surface area contributed by atoms with Crippen molar-refractivity contribution in [2.24, 2.45) is 0 Å². The lowest BCUT2D eigenvalue weighted by Crippen LogP contribution is -2.26. The molecule has 1 heterocycles. The van der Waals surface area contributed by atoms with Crippen LogP contribution in [0.25, 0.3) is 0 Å². The maximum atomic E-state index is 12.1. The Morgan fingerprint density at radius 1 is 1.32 bits per heavy atom. The van der Waals surface area contributed by atoms with E-state index in [1.807, 2.05) is 0 Å². The van der Waals surface area contributed by atoms with Gasteiger partial charge in [0.25, 0.3) is 5.56 Å².